The Kier molecular flexibility index (Phi) is 2.50. The van der Waals surface area contributed by atoms with Crippen LogP contribution in [-0.4, -0.2) is 26.5 Å². The Balaban J connectivity index is 2.65. The highest BCUT2D eigenvalue weighted by Crippen LogP contribution is 2.32. The summed E-state index contributed by atoms with van der Waals surface area (Å²) in [6.45, 7) is 1.74. The minimum atomic E-state index is -3.33. The van der Waals surface area contributed by atoms with E-state index in [4.69, 9.17) is 0 Å². The summed E-state index contributed by atoms with van der Waals surface area (Å²) in [4.78, 5) is 11.7. The second kappa shape index (κ2) is 3.59. The van der Waals surface area contributed by atoms with Gasteiger partial charge in [-0.15, -0.1) is 0 Å². The van der Waals surface area contributed by atoms with E-state index < -0.39 is 10.0 Å². The van der Waals surface area contributed by atoms with E-state index in [1.807, 2.05) is 0 Å². The number of anilines is 1. The summed E-state index contributed by atoms with van der Waals surface area (Å²) in [6, 6.07) is 6.51. The average molecular weight is 239 g/mol. The number of nitrogens with zero attached hydrogens (tertiary/aromatic N) is 1. The van der Waals surface area contributed by atoms with Gasteiger partial charge in [0.2, 0.25) is 10.0 Å². The number of rotatable bonds is 1. The van der Waals surface area contributed by atoms with Crippen LogP contribution < -0.4 is 4.31 Å². The SMILES string of the molecule is C[C@@H]1CC(=O)c2ccccc2N1S(C)(=O)=O. The molecular weight excluding hydrogens is 226 g/mol. The summed E-state index contributed by atoms with van der Waals surface area (Å²) in [5.41, 5.74) is 0.986. The molecule has 0 aromatic heterocycles. The zero-order valence-corrected chi connectivity index (χ0v) is 9.99. The molecule has 0 amide bonds. The first-order chi connectivity index (χ1) is 7.41. The predicted molar refractivity (Wildman–Crippen MR) is 62.2 cm³/mol. The molecule has 5 heteroatoms. The fourth-order valence-corrected chi connectivity index (χ4v) is 3.35. The average Bonchev–Trinajstić information content (AvgIpc) is 2.15. The number of hydrogen-bond acceptors (Lipinski definition) is 3. The number of carbonyl (C=O) groups is 1. The largest absolute Gasteiger partial charge is 0.294 e. The third-order valence-electron chi connectivity index (χ3n) is 2.68. The Bertz CT molecular complexity index is 536. The maximum absolute atomic E-state index is 11.7. The molecule has 0 N–H and O–H groups in total. The second-order valence-electron chi connectivity index (χ2n) is 4.05. The summed E-state index contributed by atoms with van der Waals surface area (Å²) >= 11 is 0. The van der Waals surface area contributed by atoms with Gasteiger partial charge in [0.05, 0.1) is 11.9 Å². The van der Waals surface area contributed by atoms with Gasteiger partial charge < -0.3 is 0 Å². The molecule has 0 bridgehead atoms. The van der Waals surface area contributed by atoms with Gasteiger partial charge in [0.1, 0.15) is 0 Å². The third-order valence-corrected chi connectivity index (χ3v) is 3.95. The van der Waals surface area contributed by atoms with Crippen LogP contribution in [0.5, 0.6) is 0 Å². The van der Waals surface area contributed by atoms with E-state index in [1.54, 1.807) is 31.2 Å². The van der Waals surface area contributed by atoms with Gasteiger partial charge in [0, 0.05) is 18.0 Å². The summed E-state index contributed by atoms with van der Waals surface area (Å²) in [5, 5.41) is 0. The highest BCUT2D eigenvalue weighted by atomic mass is 32.2. The predicted octanol–water partition coefficient (Wildman–Crippen LogP) is 1.43. The molecule has 1 heterocycles. The number of fused-ring (bicyclic) bond motifs is 1. The number of ketones is 1. The van der Waals surface area contributed by atoms with Crippen molar-refractivity contribution < 1.29 is 13.2 Å². The van der Waals surface area contributed by atoms with E-state index in [9.17, 15) is 13.2 Å². The maximum Gasteiger partial charge on any atom is 0.232 e. The van der Waals surface area contributed by atoms with Crippen molar-refractivity contribution in [3.63, 3.8) is 0 Å². The quantitative estimate of drug-likeness (QED) is 0.745. The van der Waals surface area contributed by atoms with Crippen molar-refractivity contribution in [2.24, 2.45) is 0 Å². The number of sulfonamides is 1. The van der Waals surface area contributed by atoms with Crippen molar-refractivity contribution in [2.75, 3.05) is 10.6 Å². The van der Waals surface area contributed by atoms with Crippen LogP contribution >= 0.6 is 0 Å². The van der Waals surface area contributed by atoms with Gasteiger partial charge >= 0.3 is 0 Å². The molecule has 0 saturated carbocycles. The van der Waals surface area contributed by atoms with Gasteiger partial charge in [-0.2, -0.15) is 0 Å². The van der Waals surface area contributed by atoms with Crippen molar-refractivity contribution in [1.29, 1.82) is 0 Å². The minimum Gasteiger partial charge on any atom is -0.294 e. The normalized spacial score (nSPS) is 20.8. The van der Waals surface area contributed by atoms with Crippen molar-refractivity contribution in [1.82, 2.24) is 0 Å². The van der Waals surface area contributed by atoms with Crippen LogP contribution in [0.1, 0.15) is 23.7 Å². The molecule has 0 spiro atoms. The third kappa shape index (κ3) is 1.71. The lowest BCUT2D eigenvalue weighted by atomic mass is 9.98. The molecule has 86 valence electrons. The molecule has 1 atom stereocenters. The molecule has 0 saturated heterocycles. The van der Waals surface area contributed by atoms with Gasteiger partial charge in [0.15, 0.2) is 5.78 Å². The summed E-state index contributed by atoms with van der Waals surface area (Å²) < 4.78 is 24.7. The van der Waals surface area contributed by atoms with E-state index in [2.05, 4.69) is 0 Å². The first-order valence-corrected chi connectivity index (χ1v) is 6.87. The smallest absolute Gasteiger partial charge is 0.232 e. The molecule has 1 aliphatic rings. The first-order valence-electron chi connectivity index (χ1n) is 5.03. The molecule has 0 unspecified atom stereocenters. The summed E-state index contributed by atoms with van der Waals surface area (Å²) in [6.07, 6.45) is 1.40. The Labute approximate surface area is 94.9 Å². The molecule has 16 heavy (non-hydrogen) atoms. The lowest BCUT2D eigenvalue weighted by Gasteiger charge is -2.33. The molecule has 0 fully saturated rings. The maximum atomic E-state index is 11.7. The van der Waals surface area contributed by atoms with Crippen LogP contribution in [0.4, 0.5) is 5.69 Å². The van der Waals surface area contributed by atoms with Gasteiger partial charge in [-0.1, -0.05) is 12.1 Å². The van der Waals surface area contributed by atoms with Gasteiger partial charge in [-0.25, -0.2) is 8.42 Å². The summed E-state index contributed by atoms with van der Waals surface area (Å²) in [5.74, 6) is 0.00278. The number of hydrogen-bond donors (Lipinski definition) is 0. The topological polar surface area (TPSA) is 54.5 Å². The van der Waals surface area contributed by atoms with E-state index >= 15 is 0 Å². The zero-order chi connectivity index (χ0) is 11.9. The van der Waals surface area contributed by atoms with Crippen LogP contribution in [0.25, 0.3) is 0 Å². The van der Waals surface area contributed by atoms with Crippen molar-refractivity contribution in [2.45, 2.75) is 19.4 Å². The Morgan fingerprint density at radius 3 is 2.56 bits per heavy atom. The Morgan fingerprint density at radius 1 is 1.31 bits per heavy atom. The van der Waals surface area contributed by atoms with E-state index in [1.165, 1.54) is 4.31 Å². The van der Waals surface area contributed by atoms with Crippen molar-refractivity contribution >= 4 is 21.5 Å². The van der Waals surface area contributed by atoms with E-state index in [0.29, 0.717) is 11.3 Å². The molecule has 0 aliphatic carbocycles. The fraction of sp³-hybridized carbons (Fsp3) is 0.364. The lowest BCUT2D eigenvalue weighted by Crippen LogP contribution is -2.43. The van der Waals surface area contributed by atoms with Crippen LogP contribution in [0.3, 0.4) is 0 Å². The molecule has 0 radical (unpaired) electrons. The van der Waals surface area contributed by atoms with Gasteiger partial charge in [-0.05, 0) is 19.1 Å². The van der Waals surface area contributed by atoms with Crippen molar-refractivity contribution in [3.8, 4) is 0 Å². The Hall–Kier alpha value is -1.36. The monoisotopic (exact) mass is 239 g/mol. The van der Waals surface area contributed by atoms with Crippen LogP contribution in [-0.2, 0) is 10.0 Å². The van der Waals surface area contributed by atoms with E-state index in [-0.39, 0.29) is 18.2 Å². The van der Waals surface area contributed by atoms with Gasteiger partial charge in [0.25, 0.3) is 0 Å². The molecule has 1 aromatic carbocycles. The molecule has 2 rings (SSSR count). The fourth-order valence-electron chi connectivity index (χ4n) is 2.11. The molecule has 4 nitrogen and oxygen atoms in total. The van der Waals surface area contributed by atoms with Gasteiger partial charge in [-0.3, -0.25) is 9.10 Å². The lowest BCUT2D eigenvalue weighted by molar-refractivity contribution is 0.0972. The van der Waals surface area contributed by atoms with Crippen molar-refractivity contribution in [3.05, 3.63) is 29.8 Å². The number of benzene rings is 1. The Morgan fingerprint density at radius 2 is 1.94 bits per heavy atom. The van der Waals surface area contributed by atoms with Crippen LogP contribution in [0, 0.1) is 0 Å². The standard InChI is InChI=1S/C11H13NO3S/c1-8-7-11(13)9-5-3-4-6-10(9)12(8)16(2,14)15/h3-6,8H,7H2,1-2H3/t8-/m1/s1. The molecule has 1 aliphatic heterocycles. The minimum absolute atomic E-state index is 0.00278. The first kappa shape index (κ1) is 11.1. The second-order valence-corrected chi connectivity index (χ2v) is 5.91. The number of carbonyl (C=O) groups excluding carboxylic acids is 1. The highest BCUT2D eigenvalue weighted by molar-refractivity contribution is 7.92. The van der Waals surface area contributed by atoms with Crippen LogP contribution in [0.2, 0.25) is 0 Å². The van der Waals surface area contributed by atoms with E-state index in [0.717, 1.165) is 6.26 Å². The molecule has 1 aromatic rings. The highest BCUT2D eigenvalue weighted by Gasteiger charge is 2.33. The number of Topliss-reactive ketones (excluding diaryl/α,β-unsaturated/α-hetero) is 1. The zero-order valence-electron chi connectivity index (χ0n) is 9.17. The molecular formula is C11H13NO3S. The summed E-state index contributed by atoms with van der Waals surface area (Å²) in [7, 11) is -3.33. The van der Waals surface area contributed by atoms with Crippen LogP contribution in [0.15, 0.2) is 24.3 Å². The number of para-hydroxylation sites is 1.